The Labute approximate surface area is 149 Å². The van der Waals surface area contributed by atoms with E-state index in [9.17, 15) is 19.5 Å². The zero-order valence-corrected chi connectivity index (χ0v) is 13.9. The Kier molecular flexibility index (Phi) is 6.44. The summed E-state index contributed by atoms with van der Waals surface area (Å²) in [4.78, 5) is 34.4. The number of hydrogen-bond donors (Lipinski definition) is 2. The monoisotopic (exact) mass is 354 g/mol. The highest BCUT2D eigenvalue weighted by atomic mass is 16.5. The number of nitrogens with one attached hydrogen (secondary N) is 2. The van der Waals surface area contributed by atoms with Crippen molar-refractivity contribution in [3.8, 4) is 5.75 Å². The molecule has 0 atom stereocenters. The standard InChI is InChI=1S/C18H17N3O5/c1-26-15-8-7-13(9-14(15)18(24)25)11-20-21-17(23)16(22)19-10-12-5-3-2-4-6-12/h2-9,11H,10H2,1H3,(H,19,22)(H,21,23)(H,24,25)/p-1/b20-11-. The molecular formula is C18H16N3O5-. The van der Waals surface area contributed by atoms with Crippen LogP contribution in [-0.2, 0) is 16.1 Å². The van der Waals surface area contributed by atoms with E-state index in [0.717, 1.165) is 5.56 Å². The predicted octanol–water partition coefficient (Wildman–Crippen LogP) is -0.175. The van der Waals surface area contributed by atoms with Gasteiger partial charge in [0.15, 0.2) is 0 Å². The highest BCUT2D eigenvalue weighted by Gasteiger charge is 2.11. The number of carboxylic acids is 1. The molecule has 0 bridgehead atoms. The Morgan fingerprint density at radius 3 is 2.50 bits per heavy atom. The zero-order chi connectivity index (χ0) is 18.9. The Balaban J connectivity index is 1.91. The van der Waals surface area contributed by atoms with E-state index >= 15 is 0 Å². The number of aromatic carboxylic acids is 1. The number of carbonyl (C=O) groups is 3. The third kappa shape index (κ3) is 5.17. The maximum absolute atomic E-state index is 11.7. The van der Waals surface area contributed by atoms with Crippen molar-refractivity contribution >= 4 is 24.0 Å². The van der Waals surface area contributed by atoms with Gasteiger partial charge < -0.3 is 20.0 Å². The molecule has 0 aliphatic carbocycles. The summed E-state index contributed by atoms with van der Waals surface area (Å²) in [5, 5.41) is 17.1. The van der Waals surface area contributed by atoms with E-state index in [-0.39, 0.29) is 17.9 Å². The molecule has 0 aliphatic rings. The molecule has 0 saturated heterocycles. The maximum Gasteiger partial charge on any atom is 0.329 e. The van der Waals surface area contributed by atoms with Gasteiger partial charge in [0, 0.05) is 12.1 Å². The number of rotatable bonds is 6. The first-order valence-electron chi connectivity index (χ1n) is 7.56. The number of carbonyl (C=O) groups excluding carboxylic acids is 3. The highest BCUT2D eigenvalue weighted by molar-refractivity contribution is 6.35. The fraction of sp³-hybridized carbons (Fsp3) is 0.111. The zero-order valence-electron chi connectivity index (χ0n) is 13.9. The van der Waals surface area contributed by atoms with E-state index in [2.05, 4.69) is 15.8 Å². The van der Waals surface area contributed by atoms with Gasteiger partial charge in [0.05, 0.1) is 19.3 Å². The largest absolute Gasteiger partial charge is 0.545 e. The molecule has 0 unspecified atom stereocenters. The SMILES string of the molecule is COc1ccc(/C=N\NC(=O)C(=O)NCc2ccccc2)cc1C(=O)[O-]. The summed E-state index contributed by atoms with van der Waals surface area (Å²) in [7, 11) is 1.34. The number of carboxylic acid groups (broad SMARTS) is 1. The first-order chi connectivity index (χ1) is 12.5. The molecular weight excluding hydrogens is 338 g/mol. The van der Waals surface area contributed by atoms with Gasteiger partial charge in [-0.15, -0.1) is 0 Å². The van der Waals surface area contributed by atoms with Crippen molar-refractivity contribution in [3.63, 3.8) is 0 Å². The molecule has 8 nitrogen and oxygen atoms in total. The van der Waals surface area contributed by atoms with Gasteiger partial charge in [-0.3, -0.25) is 9.59 Å². The molecule has 26 heavy (non-hydrogen) atoms. The molecule has 0 saturated carbocycles. The van der Waals surface area contributed by atoms with Crippen LogP contribution in [-0.4, -0.2) is 31.1 Å². The van der Waals surface area contributed by atoms with E-state index in [1.165, 1.54) is 31.5 Å². The average Bonchev–Trinajstić information content (AvgIpc) is 2.66. The van der Waals surface area contributed by atoms with Crippen molar-refractivity contribution in [1.82, 2.24) is 10.7 Å². The summed E-state index contributed by atoms with van der Waals surface area (Å²) < 4.78 is 4.91. The Hall–Kier alpha value is -3.68. The second kappa shape index (κ2) is 8.97. The van der Waals surface area contributed by atoms with Crippen LogP contribution in [0.1, 0.15) is 21.5 Å². The molecule has 2 rings (SSSR count). The molecule has 0 aromatic heterocycles. The fourth-order valence-corrected chi connectivity index (χ4v) is 2.04. The van der Waals surface area contributed by atoms with Gasteiger partial charge in [0.1, 0.15) is 5.75 Å². The maximum atomic E-state index is 11.7. The molecule has 0 heterocycles. The fourth-order valence-electron chi connectivity index (χ4n) is 2.04. The smallest absolute Gasteiger partial charge is 0.329 e. The quantitative estimate of drug-likeness (QED) is 0.424. The number of hydrogen-bond acceptors (Lipinski definition) is 6. The number of amides is 2. The van der Waals surface area contributed by atoms with E-state index in [0.29, 0.717) is 5.56 Å². The molecule has 8 heteroatoms. The molecule has 2 N–H and O–H groups in total. The topological polar surface area (TPSA) is 120 Å². The molecule has 0 spiro atoms. The Bertz CT molecular complexity index is 834. The Morgan fingerprint density at radius 1 is 1.12 bits per heavy atom. The van der Waals surface area contributed by atoms with Gasteiger partial charge in [0.25, 0.3) is 0 Å². The summed E-state index contributed by atoms with van der Waals surface area (Å²) in [6.07, 6.45) is 1.20. The first-order valence-corrected chi connectivity index (χ1v) is 7.56. The minimum atomic E-state index is -1.40. The van der Waals surface area contributed by atoms with Gasteiger partial charge in [0.2, 0.25) is 0 Å². The predicted molar refractivity (Wildman–Crippen MR) is 91.3 cm³/mol. The number of ether oxygens (including phenoxy) is 1. The van der Waals surface area contributed by atoms with Crippen molar-refractivity contribution < 1.29 is 24.2 Å². The van der Waals surface area contributed by atoms with Crippen LogP contribution in [0.15, 0.2) is 53.6 Å². The lowest BCUT2D eigenvalue weighted by atomic mass is 10.1. The molecule has 0 fully saturated rings. The van der Waals surface area contributed by atoms with Crippen LogP contribution in [0.25, 0.3) is 0 Å². The van der Waals surface area contributed by atoms with Gasteiger partial charge in [-0.1, -0.05) is 30.3 Å². The van der Waals surface area contributed by atoms with Crippen molar-refractivity contribution in [2.75, 3.05) is 7.11 Å². The Morgan fingerprint density at radius 2 is 1.85 bits per heavy atom. The molecule has 2 aromatic rings. The van der Waals surface area contributed by atoms with Crippen molar-refractivity contribution in [1.29, 1.82) is 0 Å². The molecule has 2 aromatic carbocycles. The number of nitrogens with zero attached hydrogens (tertiary/aromatic N) is 1. The van der Waals surface area contributed by atoms with Crippen LogP contribution in [0.2, 0.25) is 0 Å². The summed E-state index contributed by atoms with van der Waals surface area (Å²) >= 11 is 0. The minimum Gasteiger partial charge on any atom is -0.545 e. The van der Waals surface area contributed by atoms with Crippen molar-refractivity contribution in [3.05, 3.63) is 65.2 Å². The average molecular weight is 354 g/mol. The summed E-state index contributed by atoms with van der Waals surface area (Å²) in [5.41, 5.74) is 3.16. The van der Waals surface area contributed by atoms with Gasteiger partial charge in [-0.05, 0) is 29.3 Å². The molecule has 2 amide bonds. The third-order valence-electron chi connectivity index (χ3n) is 3.33. The van der Waals surface area contributed by atoms with Crippen molar-refractivity contribution in [2.24, 2.45) is 5.10 Å². The normalized spacial score (nSPS) is 10.3. The van der Waals surface area contributed by atoms with E-state index < -0.39 is 17.8 Å². The summed E-state index contributed by atoms with van der Waals surface area (Å²) in [6, 6.07) is 13.4. The van der Waals surface area contributed by atoms with Crippen LogP contribution in [0.4, 0.5) is 0 Å². The van der Waals surface area contributed by atoms with Crippen LogP contribution in [0, 0.1) is 0 Å². The minimum absolute atomic E-state index is 0.145. The van der Waals surface area contributed by atoms with Crippen LogP contribution >= 0.6 is 0 Å². The number of benzene rings is 2. The van der Waals surface area contributed by atoms with E-state index in [4.69, 9.17) is 4.74 Å². The van der Waals surface area contributed by atoms with Crippen molar-refractivity contribution in [2.45, 2.75) is 6.54 Å². The van der Waals surface area contributed by atoms with E-state index in [1.54, 1.807) is 0 Å². The van der Waals surface area contributed by atoms with E-state index in [1.807, 2.05) is 30.3 Å². The number of methoxy groups -OCH3 is 1. The molecule has 0 radical (unpaired) electrons. The van der Waals surface area contributed by atoms with Crippen LogP contribution in [0.3, 0.4) is 0 Å². The third-order valence-corrected chi connectivity index (χ3v) is 3.33. The van der Waals surface area contributed by atoms with Crippen LogP contribution < -0.4 is 20.6 Å². The second-order valence-electron chi connectivity index (χ2n) is 5.11. The first kappa shape index (κ1) is 18.7. The molecule has 0 aliphatic heterocycles. The van der Waals surface area contributed by atoms with Gasteiger partial charge >= 0.3 is 11.8 Å². The highest BCUT2D eigenvalue weighted by Crippen LogP contribution is 2.18. The second-order valence-corrected chi connectivity index (χ2v) is 5.11. The lowest BCUT2D eigenvalue weighted by Gasteiger charge is -2.09. The number of hydrazone groups is 1. The van der Waals surface area contributed by atoms with Crippen LogP contribution in [0.5, 0.6) is 5.75 Å². The summed E-state index contributed by atoms with van der Waals surface area (Å²) in [5.74, 6) is -3.03. The molecule has 134 valence electrons. The summed E-state index contributed by atoms with van der Waals surface area (Å²) in [6.45, 7) is 0.213. The lowest BCUT2D eigenvalue weighted by Crippen LogP contribution is -2.37. The lowest BCUT2D eigenvalue weighted by molar-refractivity contribution is -0.255. The van der Waals surface area contributed by atoms with Gasteiger partial charge in [-0.2, -0.15) is 5.10 Å². The van der Waals surface area contributed by atoms with Gasteiger partial charge in [-0.25, -0.2) is 5.43 Å².